The zero-order chi connectivity index (χ0) is 16.2. The number of rotatable bonds is 5. The molecule has 1 aliphatic heterocycles. The van der Waals surface area contributed by atoms with Gasteiger partial charge in [0.05, 0.1) is 18.4 Å². The zero-order valence-corrected chi connectivity index (χ0v) is 14.9. The Labute approximate surface area is 143 Å². The first-order valence-electron chi connectivity index (χ1n) is 7.32. The van der Waals surface area contributed by atoms with Crippen molar-refractivity contribution in [2.45, 2.75) is 37.6 Å². The van der Waals surface area contributed by atoms with Crippen LogP contribution in [-0.4, -0.2) is 40.1 Å². The fourth-order valence-electron chi connectivity index (χ4n) is 2.64. The minimum Gasteiger partial charge on any atom is -0.465 e. The number of methoxy groups -OCH3 is 1. The molecular weight excluding hydrogens is 340 g/mol. The number of benzene rings is 1. The van der Waals surface area contributed by atoms with Crippen LogP contribution in [0.1, 0.15) is 35.7 Å². The molecule has 1 fully saturated rings. The Morgan fingerprint density at radius 2 is 2.09 bits per heavy atom. The summed E-state index contributed by atoms with van der Waals surface area (Å²) in [7, 11) is -2.25. The third-order valence-corrected chi connectivity index (χ3v) is 5.21. The summed E-state index contributed by atoms with van der Waals surface area (Å²) >= 11 is 0. The number of carbonyl (C=O) groups excluding carboxylic acids is 1. The highest BCUT2D eigenvalue weighted by atomic mass is 35.5. The van der Waals surface area contributed by atoms with Gasteiger partial charge in [-0.3, -0.25) is 0 Å². The van der Waals surface area contributed by atoms with Crippen LogP contribution in [0.3, 0.4) is 0 Å². The molecule has 0 amide bonds. The number of ether oxygens (including phenoxy) is 1. The zero-order valence-electron chi connectivity index (χ0n) is 13.2. The topological polar surface area (TPSA) is 84.5 Å². The lowest BCUT2D eigenvalue weighted by Gasteiger charge is -2.30. The maximum absolute atomic E-state index is 12.4. The van der Waals surface area contributed by atoms with E-state index in [-0.39, 0.29) is 35.8 Å². The van der Waals surface area contributed by atoms with Crippen molar-refractivity contribution in [1.82, 2.24) is 10.0 Å². The van der Waals surface area contributed by atoms with Crippen molar-refractivity contribution < 1.29 is 17.9 Å². The second kappa shape index (κ2) is 8.63. The van der Waals surface area contributed by atoms with Crippen molar-refractivity contribution >= 4 is 28.4 Å². The summed E-state index contributed by atoms with van der Waals surface area (Å²) in [5.74, 6) is -0.764. The van der Waals surface area contributed by atoms with Crippen LogP contribution in [0.4, 0.5) is 0 Å². The first-order valence-corrected chi connectivity index (χ1v) is 8.98. The normalized spacial score (nSPS) is 21.3. The van der Waals surface area contributed by atoms with Crippen molar-refractivity contribution in [3.05, 3.63) is 35.4 Å². The lowest BCUT2D eigenvalue weighted by Crippen LogP contribution is -2.52. The Bertz CT molecular complexity index is 636. The molecule has 0 aromatic heterocycles. The van der Waals surface area contributed by atoms with Gasteiger partial charge in [-0.05, 0) is 37.9 Å². The molecule has 0 saturated carbocycles. The van der Waals surface area contributed by atoms with Crippen LogP contribution in [0.2, 0.25) is 0 Å². The Morgan fingerprint density at radius 1 is 1.39 bits per heavy atom. The van der Waals surface area contributed by atoms with Gasteiger partial charge in [0.2, 0.25) is 10.0 Å². The van der Waals surface area contributed by atoms with Gasteiger partial charge in [-0.25, -0.2) is 17.9 Å². The molecule has 2 rings (SSSR count). The SMILES string of the molecule is COC(=O)c1ccccc1CS(=O)(=O)NC1CCCNC1C.Cl. The first kappa shape index (κ1) is 19.9. The highest BCUT2D eigenvalue weighted by Gasteiger charge is 2.26. The smallest absolute Gasteiger partial charge is 0.338 e. The Morgan fingerprint density at radius 3 is 2.74 bits per heavy atom. The average molecular weight is 363 g/mol. The van der Waals surface area contributed by atoms with E-state index < -0.39 is 16.0 Å². The van der Waals surface area contributed by atoms with Crippen LogP contribution in [0.25, 0.3) is 0 Å². The molecule has 2 unspecified atom stereocenters. The first-order chi connectivity index (χ1) is 10.4. The van der Waals surface area contributed by atoms with E-state index in [0.29, 0.717) is 5.56 Å². The van der Waals surface area contributed by atoms with Gasteiger partial charge in [-0.15, -0.1) is 12.4 Å². The third-order valence-electron chi connectivity index (χ3n) is 3.86. The molecule has 1 saturated heterocycles. The fourth-order valence-corrected chi connectivity index (χ4v) is 4.16. The van der Waals surface area contributed by atoms with Crippen molar-refractivity contribution in [3.63, 3.8) is 0 Å². The van der Waals surface area contributed by atoms with Gasteiger partial charge in [0.1, 0.15) is 0 Å². The predicted molar refractivity (Wildman–Crippen MR) is 91.3 cm³/mol. The van der Waals surface area contributed by atoms with E-state index in [9.17, 15) is 13.2 Å². The van der Waals surface area contributed by atoms with Gasteiger partial charge in [0.25, 0.3) is 0 Å². The number of hydrogen-bond donors (Lipinski definition) is 2. The number of piperidine rings is 1. The number of halogens is 1. The van der Waals surface area contributed by atoms with E-state index in [2.05, 4.69) is 10.0 Å². The Kier molecular flexibility index (Phi) is 7.47. The quantitative estimate of drug-likeness (QED) is 0.774. The molecule has 1 heterocycles. The second-order valence-corrected chi connectivity index (χ2v) is 7.27. The molecule has 6 nitrogen and oxygen atoms in total. The predicted octanol–water partition coefficient (Wildman–Crippen LogP) is 1.45. The van der Waals surface area contributed by atoms with Gasteiger partial charge >= 0.3 is 5.97 Å². The summed E-state index contributed by atoms with van der Waals surface area (Å²) < 4.78 is 32.2. The van der Waals surface area contributed by atoms with Crippen LogP contribution < -0.4 is 10.0 Å². The van der Waals surface area contributed by atoms with Crippen LogP contribution >= 0.6 is 12.4 Å². The number of nitrogens with one attached hydrogen (secondary N) is 2. The summed E-state index contributed by atoms with van der Waals surface area (Å²) in [6.07, 6.45) is 1.75. The van der Waals surface area contributed by atoms with Gasteiger partial charge in [0.15, 0.2) is 0 Å². The molecule has 2 atom stereocenters. The highest BCUT2D eigenvalue weighted by molar-refractivity contribution is 7.88. The van der Waals surface area contributed by atoms with E-state index in [1.807, 2.05) is 6.92 Å². The van der Waals surface area contributed by atoms with Gasteiger partial charge < -0.3 is 10.1 Å². The molecule has 130 valence electrons. The number of esters is 1. The molecule has 23 heavy (non-hydrogen) atoms. The molecule has 0 bridgehead atoms. The number of carbonyl (C=O) groups is 1. The summed E-state index contributed by atoms with van der Waals surface area (Å²) in [5, 5.41) is 3.26. The van der Waals surface area contributed by atoms with Crippen molar-refractivity contribution in [2.75, 3.05) is 13.7 Å². The summed E-state index contributed by atoms with van der Waals surface area (Å²) in [5.41, 5.74) is 0.725. The number of hydrogen-bond acceptors (Lipinski definition) is 5. The average Bonchev–Trinajstić information content (AvgIpc) is 2.49. The van der Waals surface area contributed by atoms with Gasteiger partial charge in [-0.2, -0.15) is 0 Å². The summed E-state index contributed by atoms with van der Waals surface area (Å²) in [4.78, 5) is 11.7. The van der Waals surface area contributed by atoms with E-state index in [0.717, 1.165) is 19.4 Å². The number of sulfonamides is 1. The van der Waals surface area contributed by atoms with E-state index in [1.165, 1.54) is 7.11 Å². The largest absolute Gasteiger partial charge is 0.465 e. The maximum atomic E-state index is 12.4. The molecular formula is C15H23ClN2O4S. The maximum Gasteiger partial charge on any atom is 0.338 e. The standard InChI is InChI=1S/C15H22N2O4S.ClH/c1-11-14(8-5-9-16-11)17-22(19,20)10-12-6-3-4-7-13(12)15(18)21-2;/h3-4,6-7,11,14,16-17H,5,8-10H2,1-2H3;1H. The van der Waals surface area contributed by atoms with E-state index in [1.54, 1.807) is 24.3 Å². The molecule has 1 aromatic carbocycles. The fraction of sp³-hybridized carbons (Fsp3) is 0.533. The lowest BCUT2D eigenvalue weighted by atomic mass is 10.0. The van der Waals surface area contributed by atoms with Crippen LogP contribution in [0, 0.1) is 0 Å². The monoisotopic (exact) mass is 362 g/mol. The minimum absolute atomic E-state index is 0. The molecule has 2 N–H and O–H groups in total. The van der Waals surface area contributed by atoms with Crippen molar-refractivity contribution in [3.8, 4) is 0 Å². The van der Waals surface area contributed by atoms with Crippen molar-refractivity contribution in [2.24, 2.45) is 0 Å². The van der Waals surface area contributed by atoms with Crippen LogP contribution in [-0.2, 0) is 20.5 Å². The molecule has 0 radical (unpaired) electrons. The Hall–Kier alpha value is -1.15. The van der Waals surface area contributed by atoms with E-state index in [4.69, 9.17) is 4.74 Å². The molecule has 0 spiro atoms. The lowest BCUT2D eigenvalue weighted by molar-refractivity contribution is 0.0600. The third kappa shape index (κ3) is 5.46. The van der Waals surface area contributed by atoms with Crippen LogP contribution in [0.5, 0.6) is 0 Å². The van der Waals surface area contributed by atoms with E-state index >= 15 is 0 Å². The highest BCUT2D eigenvalue weighted by Crippen LogP contribution is 2.15. The summed E-state index contributed by atoms with van der Waals surface area (Å²) in [6.45, 7) is 2.87. The molecule has 1 aromatic rings. The second-order valence-electron chi connectivity index (χ2n) is 5.52. The molecule has 1 aliphatic rings. The minimum atomic E-state index is -3.53. The van der Waals surface area contributed by atoms with Crippen LogP contribution in [0.15, 0.2) is 24.3 Å². The van der Waals surface area contributed by atoms with Crippen molar-refractivity contribution in [1.29, 1.82) is 0 Å². The summed E-state index contributed by atoms with van der Waals surface area (Å²) in [6, 6.07) is 6.57. The van der Waals surface area contributed by atoms with Gasteiger partial charge in [0, 0.05) is 12.1 Å². The Balaban J connectivity index is 0.00000264. The van der Waals surface area contributed by atoms with Gasteiger partial charge in [-0.1, -0.05) is 18.2 Å². The molecule has 8 heteroatoms. The molecule has 0 aliphatic carbocycles.